The number of primary amides is 1. The maximum atomic E-state index is 12.8. The number of nitrogens with one attached hydrogen (secondary N) is 1. The third kappa shape index (κ3) is 3.91. The van der Waals surface area contributed by atoms with Crippen molar-refractivity contribution in [3.05, 3.63) is 46.4 Å². The van der Waals surface area contributed by atoms with Crippen molar-refractivity contribution in [1.29, 1.82) is 0 Å². The number of rotatable bonds is 3. The molecule has 3 N–H and O–H groups in total. The van der Waals surface area contributed by atoms with Gasteiger partial charge in [-0.1, -0.05) is 13.0 Å². The summed E-state index contributed by atoms with van der Waals surface area (Å²) >= 11 is 1.59. The van der Waals surface area contributed by atoms with Crippen LogP contribution in [0.3, 0.4) is 0 Å². The number of piperidine rings is 1. The third-order valence-electron chi connectivity index (χ3n) is 4.42. The second kappa shape index (κ2) is 7.65. The van der Waals surface area contributed by atoms with Gasteiger partial charge in [0.1, 0.15) is 0 Å². The molecule has 2 aromatic heterocycles. The Bertz CT molecular complexity index is 822. The molecule has 1 saturated heterocycles. The van der Waals surface area contributed by atoms with Gasteiger partial charge in [-0.05, 0) is 36.3 Å². The Labute approximate surface area is 155 Å². The molecule has 8 heteroatoms. The number of carbonyl (C=O) groups is 3. The molecular formula is C18H20N4O3S. The Balaban J connectivity index is 1.76. The largest absolute Gasteiger partial charge is 0.366 e. The fourth-order valence-corrected chi connectivity index (χ4v) is 3.99. The van der Waals surface area contributed by atoms with Crippen LogP contribution in [0.5, 0.6) is 0 Å². The second-order valence-corrected chi connectivity index (χ2v) is 7.43. The molecule has 0 spiro atoms. The van der Waals surface area contributed by atoms with E-state index in [1.54, 1.807) is 16.2 Å². The number of hydrogen-bond donors (Lipinski definition) is 2. The Hall–Kier alpha value is -2.74. The average molecular weight is 372 g/mol. The Morgan fingerprint density at radius 1 is 1.31 bits per heavy atom. The van der Waals surface area contributed by atoms with Gasteiger partial charge in [0.05, 0.1) is 23.5 Å². The highest BCUT2D eigenvalue weighted by Gasteiger charge is 2.34. The fourth-order valence-electron chi connectivity index (χ4n) is 3.11. The zero-order valence-corrected chi connectivity index (χ0v) is 15.2. The molecule has 2 aromatic rings. The number of pyridine rings is 1. The van der Waals surface area contributed by atoms with Crippen molar-refractivity contribution in [3.63, 3.8) is 0 Å². The molecule has 2 atom stereocenters. The molecule has 136 valence electrons. The van der Waals surface area contributed by atoms with Gasteiger partial charge in [0, 0.05) is 17.6 Å². The smallest absolute Gasteiger partial charge is 0.313 e. The number of nitrogens with two attached hydrogens (primary N) is 1. The number of aromatic nitrogens is 1. The standard InChI is InChI=1S/C18H20N4O3S/c1-11-4-5-14(15-3-2-6-26-15)22(10-11)18(25)17(24)21-13-7-12(16(19)23)8-20-9-13/h2-3,6-9,11,14H,4-5,10H2,1H3,(H2,19,23)(H,21,24)/t11-,14+/m1/s1. The predicted molar refractivity (Wildman–Crippen MR) is 98.6 cm³/mol. The molecule has 1 aliphatic heterocycles. The second-order valence-electron chi connectivity index (χ2n) is 6.45. The minimum Gasteiger partial charge on any atom is -0.366 e. The summed E-state index contributed by atoms with van der Waals surface area (Å²) in [6.45, 7) is 2.61. The van der Waals surface area contributed by atoms with E-state index in [4.69, 9.17) is 5.73 Å². The van der Waals surface area contributed by atoms with Gasteiger partial charge in [-0.15, -0.1) is 11.3 Å². The lowest BCUT2D eigenvalue weighted by Gasteiger charge is -2.37. The van der Waals surface area contributed by atoms with E-state index < -0.39 is 17.7 Å². The minimum absolute atomic E-state index is 0.0838. The van der Waals surface area contributed by atoms with Crippen molar-refractivity contribution in [3.8, 4) is 0 Å². The quantitative estimate of drug-likeness (QED) is 0.806. The van der Waals surface area contributed by atoms with Gasteiger partial charge in [-0.2, -0.15) is 0 Å². The van der Waals surface area contributed by atoms with Crippen LogP contribution in [0.25, 0.3) is 0 Å². The number of anilines is 1. The molecule has 26 heavy (non-hydrogen) atoms. The maximum absolute atomic E-state index is 12.8. The number of amides is 3. The van der Waals surface area contributed by atoms with Crippen molar-refractivity contribution in [2.45, 2.75) is 25.8 Å². The summed E-state index contributed by atoms with van der Waals surface area (Å²) in [4.78, 5) is 43.1. The molecule has 0 unspecified atom stereocenters. The van der Waals surface area contributed by atoms with Crippen LogP contribution in [-0.4, -0.2) is 34.2 Å². The summed E-state index contributed by atoms with van der Waals surface area (Å²) in [7, 11) is 0. The van der Waals surface area contributed by atoms with Crippen molar-refractivity contribution in [1.82, 2.24) is 9.88 Å². The number of hydrogen-bond acceptors (Lipinski definition) is 5. The lowest BCUT2D eigenvalue weighted by Crippen LogP contribution is -2.46. The minimum atomic E-state index is -0.746. The van der Waals surface area contributed by atoms with Crippen LogP contribution in [0.2, 0.25) is 0 Å². The first kappa shape index (κ1) is 18.1. The molecule has 0 bridgehead atoms. The van der Waals surface area contributed by atoms with Crippen LogP contribution in [0.15, 0.2) is 36.0 Å². The van der Waals surface area contributed by atoms with Gasteiger partial charge in [0.25, 0.3) is 0 Å². The van der Waals surface area contributed by atoms with Crippen LogP contribution < -0.4 is 11.1 Å². The molecule has 3 amide bonds. The van der Waals surface area contributed by atoms with Gasteiger partial charge in [-0.3, -0.25) is 19.4 Å². The van der Waals surface area contributed by atoms with E-state index >= 15 is 0 Å². The predicted octanol–water partition coefficient (Wildman–Crippen LogP) is 2.18. The van der Waals surface area contributed by atoms with Crippen molar-refractivity contribution in [2.24, 2.45) is 11.7 Å². The topological polar surface area (TPSA) is 105 Å². The van der Waals surface area contributed by atoms with Crippen molar-refractivity contribution in [2.75, 3.05) is 11.9 Å². The summed E-state index contributed by atoms with van der Waals surface area (Å²) in [6.07, 6.45) is 4.52. The van der Waals surface area contributed by atoms with E-state index in [2.05, 4.69) is 17.2 Å². The first-order valence-corrected chi connectivity index (χ1v) is 9.24. The van der Waals surface area contributed by atoms with E-state index in [1.165, 1.54) is 18.5 Å². The molecule has 1 fully saturated rings. The van der Waals surface area contributed by atoms with E-state index in [-0.39, 0.29) is 17.3 Å². The number of nitrogens with zero attached hydrogens (tertiary/aromatic N) is 2. The summed E-state index contributed by atoms with van der Waals surface area (Å²) in [5.41, 5.74) is 5.64. The van der Waals surface area contributed by atoms with Gasteiger partial charge >= 0.3 is 11.8 Å². The summed E-state index contributed by atoms with van der Waals surface area (Å²) in [6, 6.07) is 5.25. The van der Waals surface area contributed by atoms with E-state index in [9.17, 15) is 14.4 Å². The van der Waals surface area contributed by atoms with Crippen LogP contribution in [0.4, 0.5) is 5.69 Å². The average Bonchev–Trinajstić information content (AvgIpc) is 3.15. The van der Waals surface area contributed by atoms with Gasteiger partial charge in [0.2, 0.25) is 5.91 Å². The normalized spacial score (nSPS) is 19.8. The number of likely N-dealkylation sites (tertiary alicyclic amines) is 1. The molecule has 0 saturated carbocycles. The lowest BCUT2D eigenvalue weighted by atomic mass is 9.93. The van der Waals surface area contributed by atoms with E-state index in [1.807, 2.05) is 17.5 Å². The molecule has 0 aliphatic carbocycles. The zero-order valence-electron chi connectivity index (χ0n) is 14.3. The van der Waals surface area contributed by atoms with Gasteiger partial charge < -0.3 is 16.0 Å². The van der Waals surface area contributed by atoms with Crippen LogP contribution >= 0.6 is 11.3 Å². The van der Waals surface area contributed by atoms with E-state index in [0.717, 1.165) is 17.7 Å². The Morgan fingerprint density at radius 2 is 2.12 bits per heavy atom. The Morgan fingerprint density at radius 3 is 2.81 bits per heavy atom. The summed E-state index contributed by atoms with van der Waals surface area (Å²) in [5, 5.41) is 4.49. The molecule has 3 heterocycles. The highest BCUT2D eigenvalue weighted by atomic mass is 32.1. The van der Waals surface area contributed by atoms with Crippen LogP contribution in [-0.2, 0) is 9.59 Å². The van der Waals surface area contributed by atoms with Gasteiger partial charge in [-0.25, -0.2) is 0 Å². The lowest BCUT2D eigenvalue weighted by molar-refractivity contribution is -0.146. The SMILES string of the molecule is C[C@@H]1CC[C@@H](c2cccs2)N(C(=O)C(=O)Nc2cncc(C(N)=O)c2)C1. The zero-order chi connectivity index (χ0) is 18.7. The number of carbonyl (C=O) groups excluding carboxylic acids is 3. The molecule has 3 rings (SSSR count). The molecule has 0 aromatic carbocycles. The fraction of sp³-hybridized carbons (Fsp3) is 0.333. The van der Waals surface area contributed by atoms with Crippen molar-refractivity contribution < 1.29 is 14.4 Å². The molecule has 0 radical (unpaired) electrons. The maximum Gasteiger partial charge on any atom is 0.313 e. The molecule has 1 aliphatic rings. The van der Waals surface area contributed by atoms with Crippen LogP contribution in [0, 0.1) is 5.92 Å². The summed E-state index contributed by atoms with van der Waals surface area (Å²) in [5.74, 6) is -1.64. The third-order valence-corrected chi connectivity index (χ3v) is 5.40. The van der Waals surface area contributed by atoms with Crippen LogP contribution in [0.1, 0.15) is 41.0 Å². The molecule has 7 nitrogen and oxygen atoms in total. The highest BCUT2D eigenvalue weighted by molar-refractivity contribution is 7.10. The number of thiophene rings is 1. The highest BCUT2D eigenvalue weighted by Crippen LogP contribution is 2.35. The van der Waals surface area contributed by atoms with Gasteiger partial charge in [0.15, 0.2) is 0 Å². The van der Waals surface area contributed by atoms with E-state index in [0.29, 0.717) is 12.5 Å². The Kier molecular flexibility index (Phi) is 5.32. The molecular weight excluding hydrogens is 352 g/mol. The first-order chi connectivity index (χ1) is 12.5. The first-order valence-electron chi connectivity index (χ1n) is 8.36. The monoisotopic (exact) mass is 372 g/mol. The summed E-state index contributed by atoms with van der Waals surface area (Å²) < 4.78 is 0. The van der Waals surface area contributed by atoms with Crippen molar-refractivity contribution >= 4 is 34.7 Å².